The summed E-state index contributed by atoms with van der Waals surface area (Å²) in [5, 5.41) is 2.77. The van der Waals surface area contributed by atoms with Crippen molar-refractivity contribution in [3.8, 4) is 0 Å². The van der Waals surface area contributed by atoms with Crippen molar-refractivity contribution in [2.24, 2.45) is 0 Å². The van der Waals surface area contributed by atoms with Gasteiger partial charge in [0.15, 0.2) is 11.6 Å². The molecule has 0 heterocycles. The molecule has 3 rings (SSSR count). The third-order valence-electron chi connectivity index (χ3n) is 4.39. The molecule has 3 N–H and O–H groups in total. The number of anilines is 2. The highest BCUT2D eigenvalue weighted by Crippen LogP contribution is 2.35. The molecule has 25 heavy (non-hydrogen) atoms. The number of carbonyl (C=O) groups is 3. The van der Waals surface area contributed by atoms with E-state index in [0.717, 1.165) is 19.3 Å². The Morgan fingerprint density at radius 2 is 1.60 bits per heavy atom. The van der Waals surface area contributed by atoms with Crippen LogP contribution in [0.5, 0.6) is 0 Å². The lowest BCUT2D eigenvalue weighted by atomic mass is 9.82. The summed E-state index contributed by atoms with van der Waals surface area (Å²) in [4.78, 5) is 37.8. The molecule has 0 atom stereocenters. The molecule has 0 bridgehead atoms. The monoisotopic (exact) mass is 336 g/mol. The summed E-state index contributed by atoms with van der Waals surface area (Å²) in [5.74, 6) is -0.745. The van der Waals surface area contributed by atoms with Crippen LogP contribution in [0.2, 0.25) is 0 Å². The normalized spacial score (nSPS) is 12.5. The van der Waals surface area contributed by atoms with Crippen LogP contribution >= 0.6 is 0 Å². The van der Waals surface area contributed by atoms with Crippen molar-refractivity contribution in [3.63, 3.8) is 0 Å². The van der Waals surface area contributed by atoms with Crippen molar-refractivity contribution in [2.75, 3.05) is 11.1 Å². The number of hydrogen-bond donors (Lipinski definition) is 2. The Balaban J connectivity index is 2.00. The van der Waals surface area contributed by atoms with Crippen molar-refractivity contribution in [1.82, 2.24) is 0 Å². The topological polar surface area (TPSA) is 89.3 Å². The first-order valence-electron chi connectivity index (χ1n) is 8.45. The van der Waals surface area contributed by atoms with Crippen LogP contribution in [-0.2, 0) is 4.79 Å². The van der Waals surface area contributed by atoms with Gasteiger partial charge in [0.1, 0.15) is 0 Å². The van der Waals surface area contributed by atoms with Crippen LogP contribution in [0.1, 0.15) is 64.4 Å². The number of carbonyl (C=O) groups excluding carboxylic acids is 3. The molecule has 0 radical (unpaired) electrons. The van der Waals surface area contributed by atoms with Crippen LogP contribution in [0.3, 0.4) is 0 Å². The number of rotatable bonds is 5. The molecule has 0 spiro atoms. The molecule has 5 heteroatoms. The maximum absolute atomic E-state index is 12.9. The number of ketones is 2. The third kappa shape index (κ3) is 3.05. The maximum Gasteiger partial charge on any atom is 0.224 e. The maximum atomic E-state index is 12.9. The van der Waals surface area contributed by atoms with Gasteiger partial charge in [0, 0.05) is 23.2 Å². The summed E-state index contributed by atoms with van der Waals surface area (Å²) in [5.41, 5.74) is 7.60. The first-order chi connectivity index (χ1) is 12.0. The number of benzene rings is 2. The first kappa shape index (κ1) is 16.9. The molecule has 2 aromatic rings. The minimum atomic E-state index is -0.290. The average Bonchev–Trinajstić information content (AvgIpc) is 2.61. The number of amides is 1. The summed E-state index contributed by atoms with van der Waals surface area (Å²) < 4.78 is 0. The Hall–Kier alpha value is -2.95. The Kier molecular flexibility index (Phi) is 4.65. The SMILES string of the molecule is CCCCCC(=O)Nc1ccc(N)c2c1C(=O)c1ccccc1C2=O. The fourth-order valence-electron chi connectivity index (χ4n) is 3.10. The lowest BCUT2D eigenvalue weighted by Gasteiger charge is -2.21. The molecule has 2 aromatic carbocycles. The average molecular weight is 336 g/mol. The van der Waals surface area contributed by atoms with Crippen LogP contribution in [0.25, 0.3) is 0 Å². The predicted molar refractivity (Wildman–Crippen MR) is 96.9 cm³/mol. The highest BCUT2D eigenvalue weighted by Gasteiger charge is 2.33. The van der Waals surface area contributed by atoms with E-state index in [9.17, 15) is 14.4 Å². The smallest absolute Gasteiger partial charge is 0.224 e. The van der Waals surface area contributed by atoms with Gasteiger partial charge in [0.25, 0.3) is 0 Å². The van der Waals surface area contributed by atoms with E-state index in [4.69, 9.17) is 5.73 Å². The Morgan fingerprint density at radius 1 is 0.960 bits per heavy atom. The summed E-state index contributed by atoms with van der Waals surface area (Å²) >= 11 is 0. The number of fused-ring (bicyclic) bond motifs is 2. The van der Waals surface area contributed by atoms with Gasteiger partial charge in [-0.05, 0) is 18.6 Å². The van der Waals surface area contributed by atoms with Crippen LogP contribution in [0, 0.1) is 0 Å². The van der Waals surface area contributed by atoms with Crippen molar-refractivity contribution in [3.05, 3.63) is 58.7 Å². The molecule has 0 saturated heterocycles. The molecule has 1 aliphatic rings. The van der Waals surface area contributed by atoms with E-state index in [1.165, 1.54) is 0 Å². The minimum absolute atomic E-state index is 0.167. The number of nitrogens with two attached hydrogens (primary N) is 1. The molecule has 0 aromatic heterocycles. The van der Waals surface area contributed by atoms with Gasteiger partial charge in [0.2, 0.25) is 5.91 Å². The van der Waals surface area contributed by atoms with Gasteiger partial charge >= 0.3 is 0 Å². The van der Waals surface area contributed by atoms with Crippen molar-refractivity contribution in [1.29, 1.82) is 0 Å². The number of unbranched alkanes of at least 4 members (excludes halogenated alkanes) is 2. The second-order valence-electron chi connectivity index (χ2n) is 6.16. The van der Waals surface area contributed by atoms with Gasteiger partial charge in [-0.25, -0.2) is 0 Å². The zero-order valence-corrected chi connectivity index (χ0v) is 14.1. The van der Waals surface area contributed by atoms with E-state index >= 15 is 0 Å². The van der Waals surface area contributed by atoms with Crippen molar-refractivity contribution < 1.29 is 14.4 Å². The van der Waals surface area contributed by atoms with E-state index in [1.807, 2.05) is 0 Å². The largest absolute Gasteiger partial charge is 0.398 e. The summed E-state index contributed by atoms with van der Waals surface area (Å²) in [6.45, 7) is 2.07. The van der Waals surface area contributed by atoms with Crippen LogP contribution in [-0.4, -0.2) is 17.5 Å². The van der Waals surface area contributed by atoms with Crippen LogP contribution in [0.4, 0.5) is 11.4 Å². The zero-order valence-electron chi connectivity index (χ0n) is 14.1. The molecule has 0 unspecified atom stereocenters. The Labute approximate surface area is 146 Å². The summed E-state index contributed by atoms with van der Waals surface area (Å²) in [7, 11) is 0. The van der Waals surface area contributed by atoms with Crippen LogP contribution in [0.15, 0.2) is 36.4 Å². The quantitative estimate of drug-likeness (QED) is 0.551. The van der Waals surface area contributed by atoms with Gasteiger partial charge in [-0.15, -0.1) is 0 Å². The molecular formula is C20H20N2O3. The zero-order chi connectivity index (χ0) is 18.0. The van der Waals surface area contributed by atoms with E-state index in [-0.39, 0.29) is 34.3 Å². The highest BCUT2D eigenvalue weighted by molar-refractivity contribution is 6.32. The molecule has 1 aliphatic carbocycles. The van der Waals surface area contributed by atoms with E-state index in [1.54, 1.807) is 36.4 Å². The highest BCUT2D eigenvalue weighted by atomic mass is 16.2. The third-order valence-corrected chi connectivity index (χ3v) is 4.39. The van der Waals surface area contributed by atoms with Gasteiger partial charge in [-0.2, -0.15) is 0 Å². The van der Waals surface area contributed by atoms with E-state index < -0.39 is 0 Å². The molecule has 5 nitrogen and oxygen atoms in total. The van der Waals surface area contributed by atoms with Gasteiger partial charge in [0.05, 0.1) is 16.8 Å². The van der Waals surface area contributed by atoms with Crippen LogP contribution < -0.4 is 11.1 Å². The summed E-state index contributed by atoms with van der Waals surface area (Å²) in [6.07, 6.45) is 3.16. The fourth-order valence-corrected chi connectivity index (χ4v) is 3.10. The van der Waals surface area contributed by atoms with Gasteiger partial charge in [-0.1, -0.05) is 44.0 Å². The molecule has 128 valence electrons. The van der Waals surface area contributed by atoms with Crippen molar-refractivity contribution >= 4 is 28.8 Å². The number of nitrogens with one attached hydrogen (secondary N) is 1. The number of hydrogen-bond acceptors (Lipinski definition) is 4. The van der Waals surface area contributed by atoms with Gasteiger partial charge < -0.3 is 11.1 Å². The fraction of sp³-hybridized carbons (Fsp3) is 0.250. The molecular weight excluding hydrogens is 316 g/mol. The Morgan fingerprint density at radius 3 is 2.24 bits per heavy atom. The molecule has 0 saturated carbocycles. The number of nitrogen functional groups attached to an aromatic ring is 1. The Bertz CT molecular complexity index is 871. The second-order valence-corrected chi connectivity index (χ2v) is 6.16. The summed E-state index contributed by atoms with van der Waals surface area (Å²) in [6, 6.07) is 9.81. The lowest BCUT2D eigenvalue weighted by molar-refractivity contribution is -0.116. The molecule has 0 aliphatic heterocycles. The standard InChI is InChI=1S/C20H20N2O3/c1-2-3-4-9-16(23)22-15-11-10-14(21)17-18(15)20(25)13-8-6-5-7-12(13)19(17)24/h5-8,10-11H,2-4,9,21H2,1H3,(H,22,23). The molecule has 0 fully saturated rings. The second kappa shape index (κ2) is 6.89. The minimum Gasteiger partial charge on any atom is -0.398 e. The van der Waals surface area contributed by atoms with Gasteiger partial charge in [-0.3, -0.25) is 14.4 Å². The predicted octanol–water partition coefficient (Wildman–Crippen LogP) is 3.56. The first-order valence-corrected chi connectivity index (χ1v) is 8.45. The van der Waals surface area contributed by atoms with E-state index in [0.29, 0.717) is 23.2 Å². The molecule has 1 amide bonds. The van der Waals surface area contributed by atoms with E-state index in [2.05, 4.69) is 12.2 Å². The lowest BCUT2D eigenvalue weighted by Crippen LogP contribution is -2.25. The van der Waals surface area contributed by atoms with Crippen molar-refractivity contribution in [2.45, 2.75) is 32.6 Å².